The number of hydrogen-bond donors (Lipinski definition) is 1. The molecule has 1 N–H and O–H groups in total. The Morgan fingerprint density at radius 3 is 2.70 bits per heavy atom. The fourth-order valence-electron chi connectivity index (χ4n) is 3.76. The van der Waals surface area contributed by atoms with Gasteiger partial charge in [0.2, 0.25) is 5.91 Å². The van der Waals surface area contributed by atoms with Crippen LogP contribution in [0.1, 0.15) is 53.0 Å². The molecule has 2 heterocycles. The Morgan fingerprint density at radius 1 is 1.17 bits per heavy atom. The van der Waals surface area contributed by atoms with Crippen molar-refractivity contribution in [3.8, 4) is 5.75 Å². The van der Waals surface area contributed by atoms with Crippen LogP contribution in [-0.4, -0.2) is 52.9 Å². The van der Waals surface area contributed by atoms with E-state index in [4.69, 9.17) is 4.74 Å². The number of rotatable bonds is 6. The lowest BCUT2D eigenvalue weighted by Gasteiger charge is -2.21. The topological polar surface area (TPSA) is 84.4 Å². The zero-order valence-corrected chi connectivity index (χ0v) is 18.0. The molecule has 0 aliphatic carbocycles. The molecule has 30 heavy (non-hydrogen) atoms. The van der Waals surface area contributed by atoms with E-state index in [0.29, 0.717) is 25.1 Å². The molecule has 1 fully saturated rings. The number of hydrogen-bond acceptors (Lipinski definition) is 5. The van der Waals surface area contributed by atoms with Crippen molar-refractivity contribution in [2.45, 2.75) is 52.0 Å². The molecule has 0 radical (unpaired) electrons. The predicted octanol–water partition coefficient (Wildman–Crippen LogP) is 2.85. The minimum atomic E-state index is -0.206. The fraction of sp³-hybridized carbons (Fsp3) is 0.478. The third kappa shape index (κ3) is 5.78. The molecule has 1 aliphatic rings. The highest BCUT2D eigenvalue weighted by Crippen LogP contribution is 2.20. The van der Waals surface area contributed by atoms with E-state index in [-0.39, 0.29) is 17.9 Å². The number of ether oxygens (including phenoxy) is 1. The maximum atomic E-state index is 12.7. The van der Waals surface area contributed by atoms with Gasteiger partial charge in [-0.25, -0.2) is 4.98 Å². The molecule has 1 aromatic heterocycles. The Labute approximate surface area is 177 Å². The van der Waals surface area contributed by atoms with Crippen LogP contribution in [0.3, 0.4) is 0 Å². The highest BCUT2D eigenvalue weighted by Gasteiger charge is 2.22. The van der Waals surface area contributed by atoms with Gasteiger partial charge in [0.1, 0.15) is 11.4 Å². The average Bonchev–Trinajstić information content (AvgIpc) is 2.98. The molecule has 2 aromatic rings. The van der Waals surface area contributed by atoms with Gasteiger partial charge in [-0.05, 0) is 56.7 Å². The summed E-state index contributed by atoms with van der Waals surface area (Å²) in [6, 6.07) is 6.09. The van der Waals surface area contributed by atoms with Crippen molar-refractivity contribution in [1.29, 1.82) is 0 Å². The number of aryl methyl sites for hydroxylation is 3. The molecule has 0 saturated carbocycles. The molecule has 1 aromatic carbocycles. The molecule has 160 valence electrons. The summed E-state index contributed by atoms with van der Waals surface area (Å²) in [6.07, 6.45) is 6.77. The molecule has 2 amide bonds. The van der Waals surface area contributed by atoms with Gasteiger partial charge in [-0.2, -0.15) is 0 Å². The predicted molar refractivity (Wildman–Crippen MR) is 115 cm³/mol. The van der Waals surface area contributed by atoms with E-state index in [1.807, 2.05) is 30.9 Å². The maximum absolute atomic E-state index is 12.7. The van der Waals surface area contributed by atoms with E-state index in [1.165, 1.54) is 6.20 Å². The van der Waals surface area contributed by atoms with Gasteiger partial charge in [0.05, 0.1) is 19.0 Å². The third-order valence-corrected chi connectivity index (χ3v) is 5.52. The Balaban J connectivity index is 1.48. The van der Waals surface area contributed by atoms with Crippen LogP contribution in [-0.2, 0) is 11.2 Å². The molecule has 1 saturated heterocycles. The number of carbonyl (C=O) groups is 2. The Kier molecular flexibility index (Phi) is 7.38. The Hall–Kier alpha value is -2.96. The summed E-state index contributed by atoms with van der Waals surface area (Å²) in [6.45, 7) is 5.24. The van der Waals surface area contributed by atoms with Crippen LogP contribution >= 0.6 is 0 Å². The lowest BCUT2D eigenvalue weighted by molar-refractivity contribution is -0.131. The molecular formula is C23H30N4O3. The minimum Gasteiger partial charge on any atom is -0.496 e. The zero-order valence-electron chi connectivity index (χ0n) is 18.0. The maximum Gasteiger partial charge on any atom is 0.271 e. The SMILES string of the molecule is COc1ccc(CCC(=O)N2CCC[C@H](NC(=O)c3cnc(C)cn3)CC2)cc1C. The van der Waals surface area contributed by atoms with Crippen molar-refractivity contribution in [2.75, 3.05) is 20.2 Å². The molecule has 1 aliphatic heterocycles. The number of carbonyl (C=O) groups excluding carboxylic acids is 2. The first-order valence-electron chi connectivity index (χ1n) is 10.5. The van der Waals surface area contributed by atoms with E-state index < -0.39 is 0 Å². The van der Waals surface area contributed by atoms with Gasteiger partial charge in [-0.15, -0.1) is 0 Å². The summed E-state index contributed by atoms with van der Waals surface area (Å²) in [5.74, 6) is 0.823. The summed E-state index contributed by atoms with van der Waals surface area (Å²) in [4.78, 5) is 35.3. The molecule has 3 rings (SSSR count). The van der Waals surface area contributed by atoms with Crippen molar-refractivity contribution >= 4 is 11.8 Å². The van der Waals surface area contributed by atoms with Gasteiger partial charge in [0.15, 0.2) is 0 Å². The zero-order chi connectivity index (χ0) is 21.5. The summed E-state index contributed by atoms with van der Waals surface area (Å²) in [5, 5.41) is 3.04. The van der Waals surface area contributed by atoms with Crippen LogP contribution in [0.15, 0.2) is 30.6 Å². The van der Waals surface area contributed by atoms with Gasteiger partial charge in [-0.1, -0.05) is 12.1 Å². The number of aromatic nitrogens is 2. The van der Waals surface area contributed by atoms with E-state index in [0.717, 1.165) is 48.4 Å². The lowest BCUT2D eigenvalue weighted by atomic mass is 10.1. The van der Waals surface area contributed by atoms with Crippen molar-refractivity contribution in [1.82, 2.24) is 20.2 Å². The number of amides is 2. The number of benzene rings is 1. The van der Waals surface area contributed by atoms with Gasteiger partial charge >= 0.3 is 0 Å². The highest BCUT2D eigenvalue weighted by molar-refractivity contribution is 5.92. The summed E-state index contributed by atoms with van der Waals surface area (Å²) in [7, 11) is 1.66. The largest absolute Gasteiger partial charge is 0.496 e. The minimum absolute atomic E-state index is 0.0441. The normalized spacial score (nSPS) is 16.6. The van der Waals surface area contributed by atoms with E-state index >= 15 is 0 Å². The Bertz CT molecular complexity index is 883. The monoisotopic (exact) mass is 410 g/mol. The van der Waals surface area contributed by atoms with Crippen LogP contribution in [0.2, 0.25) is 0 Å². The quantitative estimate of drug-likeness (QED) is 0.792. The average molecular weight is 411 g/mol. The number of methoxy groups -OCH3 is 1. The van der Waals surface area contributed by atoms with Crippen molar-refractivity contribution in [3.63, 3.8) is 0 Å². The number of nitrogens with zero attached hydrogens (tertiary/aromatic N) is 3. The van der Waals surface area contributed by atoms with Gasteiger partial charge in [-0.3, -0.25) is 14.6 Å². The van der Waals surface area contributed by atoms with Gasteiger partial charge < -0.3 is 15.0 Å². The highest BCUT2D eigenvalue weighted by atomic mass is 16.5. The summed E-state index contributed by atoms with van der Waals surface area (Å²) in [5.41, 5.74) is 3.32. The van der Waals surface area contributed by atoms with E-state index in [2.05, 4.69) is 21.4 Å². The van der Waals surface area contributed by atoms with Crippen LogP contribution in [0.5, 0.6) is 5.75 Å². The second-order valence-corrected chi connectivity index (χ2v) is 7.83. The molecule has 0 bridgehead atoms. The van der Waals surface area contributed by atoms with Crippen LogP contribution in [0.25, 0.3) is 0 Å². The van der Waals surface area contributed by atoms with Crippen molar-refractivity contribution < 1.29 is 14.3 Å². The second kappa shape index (κ2) is 10.2. The molecule has 0 spiro atoms. The van der Waals surface area contributed by atoms with E-state index in [9.17, 15) is 9.59 Å². The van der Waals surface area contributed by atoms with E-state index in [1.54, 1.807) is 13.3 Å². The first-order chi connectivity index (χ1) is 14.5. The van der Waals surface area contributed by atoms with Crippen LogP contribution in [0, 0.1) is 13.8 Å². The summed E-state index contributed by atoms with van der Waals surface area (Å²) < 4.78 is 5.29. The standard InChI is InChI=1S/C23H30N4O3/c1-16-13-18(6-8-21(16)30-3)7-9-22(28)27-11-4-5-19(10-12-27)26-23(29)20-15-24-17(2)14-25-20/h6,8,13-15,19H,4-5,7,9-12H2,1-3H3,(H,26,29)/t19-/m0/s1. The first-order valence-corrected chi connectivity index (χ1v) is 10.5. The summed E-state index contributed by atoms with van der Waals surface area (Å²) >= 11 is 0. The van der Waals surface area contributed by atoms with Gasteiger partial charge in [0.25, 0.3) is 5.91 Å². The third-order valence-electron chi connectivity index (χ3n) is 5.52. The molecule has 0 unspecified atom stereocenters. The first kappa shape index (κ1) is 21.7. The Morgan fingerprint density at radius 2 is 2.00 bits per heavy atom. The molecule has 1 atom stereocenters. The smallest absolute Gasteiger partial charge is 0.271 e. The molecule has 7 heteroatoms. The number of nitrogens with one attached hydrogen (secondary N) is 1. The van der Waals surface area contributed by atoms with Crippen molar-refractivity contribution in [3.05, 3.63) is 53.1 Å². The van der Waals surface area contributed by atoms with Gasteiger partial charge in [0, 0.05) is 31.7 Å². The van der Waals surface area contributed by atoms with Crippen molar-refractivity contribution in [2.24, 2.45) is 0 Å². The number of likely N-dealkylation sites (tertiary alicyclic amines) is 1. The molecular weight excluding hydrogens is 380 g/mol. The second-order valence-electron chi connectivity index (χ2n) is 7.83. The fourth-order valence-corrected chi connectivity index (χ4v) is 3.76. The van der Waals surface area contributed by atoms with Crippen LogP contribution in [0.4, 0.5) is 0 Å². The molecule has 7 nitrogen and oxygen atoms in total. The lowest BCUT2D eigenvalue weighted by Crippen LogP contribution is -2.37. The van der Waals surface area contributed by atoms with Crippen LogP contribution < -0.4 is 10.1 Å².